The number of benzene rings is 2. The van der Waals surface area contributed by atoms with Crippen molar-refractivity contribution in [2.24, 2.45) is 4.99 Å². The van der Waals surface area contributed by atoms with Crippen LogP contribution in [0.2, 0.25) is 0 Å². The molecule has 4 rings (SSSR count). The van der Waals surface area contributed by atoms with Gasteiger partial charge >= 0.3 is 0 Å². The van der Waals surface area contributed by atoms with E-state index in [-0.39, 0.29) is 0 Å². The second kappa shape index (κ2) is 5.64. The Kier molecular flexibility index (Phi) is 3.47. The second-order valence-electron chi connectivity index (χ2n) is 5.66. The summed E-state index contributed by atoms with van der Waals surface area (Å²) >= 11 is 6.57. The number of aliphatic imine (C=N–C) groups is 1. The molecule has 0 fully saturated rings. The van der Waals surface area contributed by atoms with Crippen molar-refractivity contribution in [3.63, 3.8) is 0 Å². The summed E-state index contributed by atoms with van der Waals surface area (Å²) in [4.78, 5) is 9.27. The zero-order valence-corrected chi connectivity index (χ0v) is 13.5. The van der Waals surface area contributed by atoms with Crippen LogP contribution in [-0.2, 0) is 0 Å². The van der Waals surface area contributed by atoms with Crippen LogP contribution in [0.3, 0.4) is 0 Å². The minimum absolute atomic E-state index is 0.720. The van der Waals surface area contributed by atoms with Crippen molar-refractivity contribution in [1.82, 2.24) is 4.98 Å². The Hall–Kier alpha value is -2.45. The average Bonchev–Trinajstić information content (AvgIpc) is 2.60. The summed E-state index contributed by atoms with van der Waals surface area (Å²) in [6, 6.07) is 16.4. The van der Waals surface area contributed by atoms with E-state index in [1.807, 2.05) is 36.5 Å². The maximum Gasteiger partial charge on any atom is 0.155 e. The first-order valence-corrected chi connectivity index (χ1v) is 7.99. The molecule has 1 aliphatic carbocycles. The van der Waals surface area contributed by atoms with Crippen LogP contribution >= 0.6 is 11.6 Å². The van der Waals surface area contributed by atoms with Crippen molar-refractivity contribution < 1.29 is 0 Å². The van der Waals surface area contributed by atoms with Gasteiger partial charge < -0.3 is 0 Å². The SMILES string of the molecule is Cc1c(/N=C2\CC=c3ccccc3=C2Cl)ncc2ccccc12. The molecular formula is C20H15ClN2. The fraction of sp³-hybridized carbons (Fsp3) is 0.100. The lowest BCUT2D eigenvalue weighted by molar-refractivity contribution is 1.24. The van der Waals surface area contributed by atoms with E-state index in [0.717, 1.165) is 39.2 Å². The second-order valence-corrected chi connectivity index (χ2v) is 6.04. The van der Waals surface area contributed by atoms with Crippen molar-refractivity contribution in [2.75, 3.05) is 0 Å². The molecule has 112 valence electrons. The molecular weight excluding hydrogens is 304 g/mol. The van der Waals surface area contributed by atoms with E-state index >= 15 is 0 Å². The van der Waals surface area contributed by atoms with Gasteiger partial charge in [0.25, 0.3) is 0 Å². The summed E-state index contributed by atoms with van der Waals surface area (Å²) in [5.41, 5.74) is 1.95. The van der Waals surface area contributed by atoms with E-state index in [0.29, 0.717) is 0 Å². The number of hydrogen-bond donors (Lipinski definition) is 0. The summed E-state index contributed by atoms with van der Waals surface area (Å²) in [6.45, 7) is 2.06. The minimum Gasteiger partial charge on any atom is -0.236 e. The van der Waals surface area contributed by atoms with Crippen molar-refractivity contribution in [3.8, 4) is 0 Å². The molecule has 0 bridgehead atoms. The molecule has 0 amide bonds. The Labute approximate surface area is 139 Å². The van der Waals surface area contributed by atoms with Crippen LogP contribution in [0, 0.1) is 6.92 Å². The average molecular weight is 319 g/mol. The topological polar surface area (TPSA) is 25.2 Å². The molecule has 0 spiro atoms. The third kappa shape index (κ3) is 2.45. The summed E-state index contributed by atoms with van der Waals surface area (Å²) in [5.74, 6) is 0.740. The Bertz CT molecular complexity index is 1060. The normalized spacial score (nSPS) is 15.6. The highest BCUT2D eigenvalue weighted by molar-refractivity contribution is 6.62. The Morgan fingerprint density at radius 2 is 1.83 bits per heavy atom. The number of halogens is 1. The highest BCUT2D eigenvalue weighted by Crippen LogP contribution is 2.26. The lowest BCUT2D eigenvalue weighted by Crippen LogP contribution is -2.31. The van der Waals surface area contributed by atoms with E-state index in [9.17, 15) is 0 Å². The van der Waals surface area contributed by atoms with Gasteiger partial charge in [-0.05, 0) is 17.5 Å². The lowest BCUT2D eigenvalue weighted by atomic mass is 10.1. The van der Waals surface area contributed by atoms with Crippen LogP contribution < -0.4 is 10.4 Å². The predicted octanol–water partition coefficient (Wildman–Crippen LogP) is 3.85. The Morgan fingerprint density at radius 3 is 2.74 bits per heavy atom. The smallest absolute Gasteiger partial charge is 0.155 e. The van der Waals surface area contributed by atoms with Crippen molar-refractivity contribution in [3.05, 3.63) is 70.7 Å². The Balaban J connectivity index is 1.89. The fourth-order valence-corrected chi connectivity index (χ4v) is 3.25. The minimum atomic E-state index is 0.720. The van der Waals surface area contributed by atoms with Gasteiger partial charge in [-0.15, -0.1) is 0 Å². The first-order chi connectivity index (χ1) is 11.2. The van der Waals surface area contributed by atoms with E-state index < -0.39 is 0 Å². The molecule has 2 aromatic carbocycles. The van der Waals surface area contributed by atoms with Crippen LogP contribution in [0.15, 0.2) is 59.7 Å². The lowest BCUT2D eigenvalue weighted by Gasteiger charge is -2.10. The summed E-state index contributed by atoms with van der Waals surface area (Å²) in [5, 5.41) is 5.23. The molecule has 23 heavy (non-hydrogen) atoms. The molecule has 1 aromatic heterocycles. The molecule has 0 saturated carbocycles. The van der Waals surface area contributed by atoms with Gasteiger partial charge in [0.15, 0.2) is 5.82 Å². The summed E-state index contributed by atoms with van der Waals surface area (Å²) < 4.78 is 0. The van der Waals surface area contributed by atoms with Gasteiger partial charge in [0.2, 0.25) is 0 Å². The standard InChI is InChI=1S/C20H15ClN2/c1-13-16-8-4-3-7-15(16)12-22-20(13)23-18-11-10-14-6-2-5-9-17(14)19(18)21/h2-10,12H,11H2,1H3/b23-18+. The molecule has 3 heteroatoms. The number of nitrogens with zero attached hydrogens (tertiary/aromatic N) is 2. The van der Waals surface area contributed by atoms with Crippen LogP contribution in [-0.4, -0.2) is 10.7 Å². The summed E-state index contributed by atoms with van der Waals surface area (Å²) in [7, 11) is 0. The quantitative estimate of drug-likeness (QED) is 0.669. The third-order valence-electron chi connectivity index (χ3n) is 4.23. The maximum atomic E-state index is 6.57. The monoisotopic (exact) mass is 318 g/mol. The zero-order valence-electron chi connectivity index (χ0n) is 12.8. The number of fused-ring (bicyclic) bond motifs is 2. The van der Waals surface area contributed by atoms with Crippen molar-refractivity contribution >= 4 is 45.0 Å². The molecule has 0 atom stereocenters. The van der Waals surface area contributed by atoms with Crippen LogP contribution in [0.4, 0.5) is 5.82 Å². The predicted molar refractivity (Wildman–Crippen MR) is 97.6 cm³/mol. The number of aryl methyl sites for hydroxylation is 1. The van der Waals surface area contributed by atoms with Gasteiger partial charge in [0, 0.05) is 28.8 Å². The van der Waals surface area contributed by atoms with Crippen molar-refractivity contribution in [1.29, 1.82) is 0 Å². The molecule has 0 saturated heterocycles. The van der Waals surface area contributed by atoms with Crippen LogP contribution in [0.1, 0.15) is 12.0 Å². The van der Waals surface area contributed by atoms with Gasteiger partial charge in [-0.3, -0.25) is 0 Å². The summed E-state index contributed by atoms with van der Waals surface area (Å²) in [6.07, 6.45) is 4.76. The Morgan fingerprint density at radius 1 is 1.04 bits per heavy atom. The number of rotatable bonds is 1. The van der Waals surface area contributed by atoms with Gasteiger partial charge in [0.05, 0.1) is 10.7 Å². The van der Waals surface area contributed by atoms with Gasteiger partial charge in [0.1, 0.15) is 0 Å². The molecule has 0 N–H and O–H groups in total. The number of aromatic nitrogens is 1. The molecule has 3 aromatic rings. The van der Waals surface area contributed by atoms with Gasteiger partial charge in [-0.2, -0.15) is 0 Å². The van der Waals surface area contributed by atoms with E-state index in [1.165, 1.54) is 10.6 Å². The third-order valence-corrected chi connectivity index (χ3v) is 4.65. The van der Waals surface area contributed by atoms with E-state index in [1.54, 1.807) is 0 Å². The van der Waals surface area contributed by atoms with E-state index in [2.05, 4.69) is 36.2 Å². The molecule has 2 nitrogen and oxygen atoms in total. The molecule has 0 radical (unpaired) electrons. The van der Waals surface area contributed by atoms with Crippen LogP contribution in [0.25, 0.3) is 21.9 Å². The number of hydrogen-bond acceptors (Lipinski definition) is 2. The molecule has 1 aliphatic rings. The zero-order chi connectivity index (χ0) is 15.8. The van der Waals surface area contributed by atoms with E-state index in [4.69, 9.17) is 16.6 Å². The van der Waals surface area contributed by atoms with Crippen LogP contribution in [0.5, 0.6) is 0 Å². The molecule has 0 aliphatic heterocycles. The highest BCUT2D eigenvalue weighted by atomic mass is 35.5. The van der Waals surface area contributed by atoms with Gasteiger partial charge in [-0.25, -0.2) is 9.98 Å². The van der Waals surface area contributed by atoms with Crippen molar-refractivity contribution in [2.45, 2.75) is 13.3 Å². The largest absolute Gasteiger partial charge is 0.236 e. The fourth-order valence-electron chi connectivity index (χ4n) is 2.96. The molecule has 1 heterocycles. The first kappa shape index (κ1) is 14.2. The number of pyridine rings is 1. The molecule has 0 unspecified atom stereocenters. The first-order valence-electron chi connectivity index (χ1n) is 7.61. The maximum absolute atomic E-state index is 6.57. The van der Waals surface area contributed by atoms with Gasteiger partial charge in [-0.1, -0.05) is 66.2 Å². The highest BCUT2D eigenvalue weighted by Gasteiger charge is 2.12.